The summed E-state index contributed by atoms with van der Waals surface area (Å²) < 4.78 is 12.2. The van der Waals surface area contributed by atoms with E-state index >= 15 is 0 Å². The second-order valence-corrected chi connectivity index (χ2v) is 5.17. The monoisotopic (exact) mass is 322 g/mol. The highest BCUT2D eigenvalue weighted by Gasteiger charge is 2.03. The van der Waals surface area contributed by atoms with E-state index in [1.165, 1.54) is 10.7 Å². The molecule has 0 bridgehead atoms. The molecule has 122 valence electrons. The minimum atomic E-state index is -0.145. The van der Waals surface area contributed by atoms with Crippen LogP contribution in [0.3, 0.4) is 0 Å². The van der Waals surface area contributed by atoms with Crippen molar-refractivity contribution in [2.75, 3.05) is 13.7 Å². The quantitative estimate of drug-likeness (QED) is 0.700. The maximum absolute atomic E-state index is 12.0. The smallest absolute Gasteiger partial charge is 0.266 e. The Morgan fingerprint density at radius 1 is 0.917 bits per heavy atom. The van der Waals surface area contributed by atoms with Crippen LogP contribution in [-0.4, -0.2) is 23.5 Å². The molecule has 2 aromatic carbocycles. The van der Waals surface area contributed by atoms with Crippen molar-refractivity contribution in [2.45, 2.75) is 6.54 Å². The minimum absolute atomic E-state index is 0.145. The van der Waals surface area contributed by atoms with Crippen LogP contribution in [0.5, 0.6) is 11.5 Å². The highest BCUT2D eigenvalue weighted by molar-refractivity contribution is 5.57. The maximum Gasteiger partial charge on any atom is 0.266 e. The van der Waals surface area contributed by atoms with E-state index in [9.17, 15) is 4.79 Å². The van der Waals surface area contributed by atoms with Crippen LogP contribution in [0.4, 0.5) is 0 Å². The van der Waals surface area contributed by atoms with Crippen LogP contribution in [0.25, 0.3) is 11.3 Å². The fraction of sp³-hybridized carbons (Fsp3) is 0.158. The van der Waals surface area contributed by atoms with Crippen molar-refractivity contribution in [3.8, 4) is 22.8 Å². The Bertz CT molecular complexity index is 842. The van der Waals surface area contributed by atoms with Crippen molar-refractivity contribution in [1.82, 2.24) is 9.78 Å². The van der Waals surface area contributed by atoms with Gasteiger partial charge in [0.1, 0.15) is 18.1 Å². The van der Waals surface area contributed by atoms with E-state index in [-0.39, 0.29) is 5.56 Å². The molecule has 1 aromatic heterocycles. The first-order chi connectivity index (χ1) is 11.8. The molecule has 3 aromatic rings. The maximum atomic E-state index is 12.0. The van der Waals surface area contributed by atoms with Crippen molar-refractivity contribution in [3.63, 3.8) is 0 Å². The first-order valence-corrected chi connectivity index (χ1v) is 7.67. The number of methoxy groups -OCH3 is 1. The molecular weight excluding hydrogens is 304 g/mol. The molecule has 1 heterocycles. The third-order valence-electron chi connectivity index (χ3n) is 3.57. The van der Waals surface area contributed by atoms with E-state index in [4.69, 9.17) is 9.47 Å². The first kappa shape index (κ1) is 15.8. The summed E-state index contributed by atoms with van der Waals surface area (Å²) in [6, 6.07) is 20.3. The number of rotatable bonds is 6. The average Bonchev–Trinajstić information content (AvgIpc) is 2.64. The molecule has 3 rings (SSSR count). The highest BCUT2D eigenvalue weighted by atomic mass is 16.5. The van der Waals surface area contributed by atoms with Crippen LogP contribution in [-0.2, 0) is 6.54 Å². The molecule has 0 radical (unpaired) electrons. The zero-order chi connectivity index (χ0) is 16.8. The lowest BCUT2D eigenvalue weighted by Crippen LogP contribution is -2.25. The van der Waals surface area contributed by atoms with E-state index in [1.807, 2.05) is 54.6 Å². The van der Waals surface area contributed by atoms with Gasteiger partial charge in [-0.15, -0.1) is 0 Å². The molecule has 0 saturated heterocycles. The van der Waals surface area contributed by atoms with Gasteiger partial charge in [-0.05, 0) is 30.3 Å². The van der Waals surface area contributed by atoms with Gasteiger partial charge in [0, 0.05) is 11.6 Å². The number of ether oxygens (including phenoxy) is 2. The molecule has 5 nitrogen and oxygen atoms in total. The number of hydrogen-bond donors (Lipinski definition) is 0. The predicted octanol–water partition coefficient (Wildman–Crippen LogP) is 3.00. The SMILES string of the molecule is COc1ccc(OCCn2nc(-c3ccccc3)ccc2=O)cc1. The van der Waals surface area contributed by atoms with Crippen molar-refractivity contribution in [2.24, 2.45) is 0 Å². The average molecular weight is 322 g/mol. The van der Waals surface area contributed by atoms with E-state index < -0.39 is 0 Å². The van der Waals surface area contributed by atoms with Crippen LogP contribution >= 0.6 is 0 Å². The summed E-state index contributed by atoms with van der Waals surface area (Å²) in [4.78, 5) is 12.0. The Balaban J connectivity index is 1.67. The summed E-state index contributed by atoms with van der Waals surface area (Å²) in [5, 5.41) is 4.41. The summed E-state index contributed by atoms with van der Waals surface area (Å²) in [5.74, 6) is 1.50. The first-order valence-electron chi connectivity index (χ1n) is 7.67. The van der Waals surface area contributed by atoms with Crippen molar-refractivity contribution in [1.29, 1.82) is 0 Å². The topological polar surface area (TPSA) is 53.4 Å². The zero-order valence-electron chi connectivity index (χ0n) is 13.4. The zero-order valence-corrected chi connectivity index (χ0v) is 13.4. The van der Waals surface area contributed by atoms with E-state index in [0.29, 0.717) is 13.2 Å². The molecule has 0 atom stereocenters. The lowest BCUT2D eigenvalue weighted by atomic mass is 10.1. The third kappa shape index (κ3) is 3.81. The van der Waals surface area contributed by atoms with E-state index in [1.54, 1.807) is 13.2 Å². The molecule has 0 N–H and O–H groups in total. The Hall–Kier alpha value is -3.08. The van der Waals surface area contributed by atoms with Crippen LogP contribution < -0.4 is 15.0 Å². The van der Waals surface area contributed by atoms with Gasteiger partial charge in [0.05, 0.1) is 19.3 Å². The normalized spacial score (nSPS) is 10.4. The standard InChI is InChI=1S/C19H18N2O3/c1-23-16-7-9-17(10-8-16)24-14-13-21-19(22)12-11-18(20-21)15-5-3-2-4-6-15/h2-12H,13-14H2,1H3. The Labute approximate surface area is 140 Å². The molecule has 5 heteroatoms. The molecule has 24 heavy (non-hydrogen) atoms. The largest absolute Gasteiger partial charge is 0.497 e. The molecule has 0 fully saturated rings. The van der Waals surface area contributed by atoms with Gasteiger partial charge in [-0.2, -0.15) is 5.10 Å². The molecule has 0 amide bonds. The van der Waals surface area contributed by atoms with Gasteiger partial charge in [-0.3, -0.25) is 4.79 Å². The molecule has 0 spiro atoms. The summed E-state index contributed by atoms with van der Waals surface area (Å²) in [6.07, 6.45) is 0. The number of hydrogen-bond acceptors (Lipinski definition) is 4. The summed E-state index contributed by atoms with van der Waals surface area (Å²) in [6.45, 7) is 0.739. The lowest BCUT2D eigenvalue weighted by molar-refractivity contribution is 0.287. The molecular formula is C19H18N2O3. The lowest BCUT2D eigenvalue weighted by Gasteiger charge is -2.09. The molecule has 0 unspecified atom stereocenters. The van der Waals surface area contributed by atoms with Crippen LogP contribution in [0.15, 0.2) is 71.5 Å². The van der Waals surface area contributed by atoms with Crippen LogP contribution in [0.1, 0.15) is 0 Å². The van der Waals surface area contributed by atoms with Gasteiger partial charge in [0.25, 0.3) is 5.56 Å². The fourth-order valence-electron chi connectivity index (χ4n) is 2.29. The molecule has 0 saturated carbocycles. The Kier molecular flexibility index (Phi) is 4.91. The summed E-state index contributed by atoms with van der Waals surface area (Å²) in [5.41, 5.74) is 1.59. The molecule has 0 aliphatic rings. The predicted molar refractivity (Wildman–Crippen MR) is 92.4 cm³/mol. The van der Waals surface area contributed by atoms with E-state index in [0.717, 1.165) is 22.8 Å². The van der Waals surface area contributed by atoms with Crippen LogP contribution in [0, 0.1) is 0 Å². The summed E-state index contributed by atoms with van der Waals surface area (Å²) >= 11 is 0. The Morgan fingerprint density at radius 2 is 1.62 bits per heavy atom. The molecule has 0 aliphatic carbocycles. The van der Waals surface area contributed by atoms with Crippen molar-refractivity contribution in [3.05, 3.63) is 77.1 Å². The molecule has 0 aliphatic heterocycles. The number of nitrogens with zero attached hydrogens (tertiary/aromatic N) is 2. The highest BCUT2D eigenvalue weighted by Crippen LogP contribution is 2.17. The summed E-state index contributed by atoms with van der Waals surface area (Å²) in [7, 11) is 1.62. The fourth-order valence-corrected chi connectivity index (χ4v) is 2.29. The third-order valence-corrected chi connectivity index (χ3v) is 3.57. The van der Waals surface area contributed by atoms with Gasteiger partial charge in [0.2, 0.25) is 0 Å². The van der Waals surface area contributed by atoms with E-state index in [2.05, 4.69) is 5.10 Å². The second-order valence-electron chi connectivity index (χ2n) is 5.17. The van der Waals surface area contributed by atoms with Gasteiger partial charge >= 0.3 is 0 Å². The minimum Gasteiger partial charge on any atom is -0.497 e. The van der Waals surface area contributed by atoms with Gasteiger partial charge in [-0.1, -0.05) is 30.3 Å². The number of aromatic nitrogens is 2. The number of benzene rings is 2. The second kappa shape index (κ2) is 7.46. The van der Waals surface area contributed by atoms with Gasteiger partial charge in [0.15, 0.2) is 0 Å². The van der Waals surface area contributed by atoms with Crippen LogP contribution in [0.2, 0.25) is 0 Å². The van der Waals surface area contributed by atoms with Gasteiger partial charge in [-0.25, -0.2) is 4.68 Å². The van der Waals surface area contributed by atoms with Gasteiger partial charge < -0.3 is 9.47 Å². The van der Waals surface area contributed by atoms with Crippen molar-refractivity contribution < 1.29 is 9.47 Å². The van der Waals surface area contributed by atoms with Crippen molar-refractivity contribution >= 4 is 0 Å². The Morgan fingerprint density at radius 3 is 2.33 bits per heavy atom.